The molecule has 22 heavy (non-hydrogen) atoms. The van der Waals surface area contributed by atoms with E-state index in [2.05, 4.69) is 5.32 Å². The lowest BCUT2D eigenvalue weighted by molar-refractivity contribution is -0.216. The third kappa shape index (κ3) is 3.44. The summed E-state index contributed by atoms with van der Waals surface area (Å²) in [6, 6.07) is 7.17. The molecule has 1 aromatic carbocycles. The number of halogens is 2. The molecule has 0 spiro atoms. The molecule has 2 rings (SSSR count). The van der Waals surface area contributed by atoms with Gasteiger partial charge >= 0.3 is 5.92 Å². The summed E-state index contributed by atoms with van der Waals surface area (Å²) in [5.74, 6) is -5.17. The quantitative estimate of drug-likeness (QED) is 0.812. The molecule has 6 heteroatoms. The van der Waals surface area contributed by atoms with Crippen molar-refractivity contribution in [1.82, 2.24) is 5.32 Å². The Bertz CT molecular complexity index is 513. The largest absolute Gasteiger partial charge is 0.383 e. The van der Waals surface area contributed by atoms with Gasteiger partial charge in [-0.25, -0.2) is 0 Å². The Balaban J connectivity index is 1.88. The Labute approximate surface area is 128 Å². The molecule has 2 N–H and O–H groups in total. The average molecular weight is 313 g/mol. The summed E-state index contributed by atoms with van der Waals surface area (Å²) in [5, 5.41) is 11.9. The first-order valence-corrected chi connectivity index (χ1v) is 7.43. The molecule has 1 amide bonds. The van der Waals surface area contributed by atoms with Crippen LogP contribution >= 0.6 is 0 Å². The number of aliphatic hydroxyl groups is 1. The fourth-order valence-corrected chi connectivity index (χ4v) is 2.30. The highest BCUT2D eigenvalue weighted by Gasteiger charge is 2.61. The van der Waals surface area contributed by atoms with Crippen LogP contribution in [0.15, 0.2) is 24.3 Å². The van der Waals surface area contributed by atoms with Crippen LogP contribution in [-0.4, -0.2) is 29.1 Å². The molecule has 122 valence electrons. The molecular formula is C16H21F2NO3. The molecule has 1 aliphatic carbocycles. The summed E-state index contributed by atoms with van der Waals surface area (Å²) in [4.78, 5) is 11.6. The monoisotopic (exact) mass is 313 g/mol. The highest BCUT2D eigenvalue weighted by molar-refractivity contribution is 5.85. The summed E-state index contributed by atoms with van der Waals surface area (Å²) < 4.78 is 33.0. The van der Waals surface area contributed by atoms with Crippen molar-refractivity contribution in [3.8, 4) is 0 Å². The van der Waals surface area contributed by atoms with Crippen LogP contribution in [0.25, 0.3) is 0 Å². The zero-order chi connectivity index (χ0) is 16.2. The number of ether oxygens (including phenoxy) is 1. The normalized spacial score (nSPS) is 16.9. The van der Waals surface area contributed by atoms with E-state index >= 15 is 0 Å². The van der Waals surface area contributed by atoms with Gasteiger partial charge in [-0.15, -0.1) is 0 Å². The summed E-state index contributed by atoms with van der Waals surface area (Å²) in [6.07, 6.45) is 0.430. The minimum atomic E-state index is -3.75. The predicted molar refractivity (Wildman–Crippen MR) is 77.4 cm³/mol. The van der Waals surface area contributed by atoms with E-state index in [1.807, 2.05) is 19.1 Å². The second-order valence-electron chi connectivity index (χ2n) is 5.60. The van der Waals surface area contributed by atoms with Gasteiger partial charge in [-0.05, 0) is 37.3 Å². The number of hydrogen-bond acceptors (Lipinski definition) is 3. The fraction of sp³-hybridized carbons (Fsp3) is 0.562. The molecule has 0 heterocycles. The molecule has 0 atom stereocenters. The van der Waals surface area contributed by atoms with Gasteiger partial charge in [0.25, 0.3) is 5.91 Å². The molecular weight excluding hydrogens is 292 g/mol. The van der Waals surface area contributed by atoms with E-state index in [0.717, 1.165) is 5.56 Å². The molecule has 0 unspecified atom stereocenters. The van der Waals surface area contributed by atoms with E-state index in [9.17, 15) is 18.7 Å². The minimum absolute atomic E-state index is 0.000577. The van der Waals surface area contributed by atoms with Crippen LogP contribution < -0.4 is 5.32 Å². The van der Waals surface area contributed by atoms with Gasteiger partial charge in [0, 0.05) is 13.2 Å². The summed E-state index contributed by atoms with van der Waals surface area (Å²) >= 11 is 0. The predicted octanol–water partition coefficient (Wildman–Crippen LogP) is 2.39. The Kier molecular flexibility index (Phi) is 5.13. The number of rotatable bonds is 7. The zero-order valence-electron chi connectivity index (χ0n) is 12.6. The topological polar surface area (TPSA) is 58.6 Å². The molecule has 0 aliphatic heterocycles. The molecule has 1 fully saturated rings. The van der Waals surface area contributed by atoms with Crippen LogP contribution in [-0.2, 0) is 22.7 Å². The van der Waals surface area contributed by atoms with Crippen LogP contribution in [0.5, 0.6) is 0 Å². The van der Waals surface area contributed by atoms with Gasteiger partial charge in [0.2, 0.25) is 0 Å². The number of hydrogen-bond donors (Lipinski definition) is 2. The Hall–Kier alpha value is -1.53. The maximum absolute atomic E-state index is 13.9. The molecule has 1 aromatic rings. The molecule has 0 aromatic heterocycles. The maximum atomic E-state index is 13.9. The van der Waals surface area contributed by atoms with Crippen molar-refractivity contribution < 1.29 is 23.4 Å². The van der Waals surface area contributed by atoms with E-state index in [-0.39, 0.29) is 19.4 Å². The van der Waals surface area contributed by atoms with E-state index in [1.165, 1.54) is 0 Å². The Morgan fingerprint density at radius 2 is 1.91 bits per heavy atom. The van der Waals surface area contributed by atoms with E-state index in [1.54, 1.807) is 12.1 Å². The number of alkyl halides is 2. The third-order valence-corrected chi connectivity index (χ3v) is 4.00. The maximum Gasteiger partial charge on any atom is 0.352 e. The standard InChI is InChI=1S/C16H21F2NO3/c1-2-22-11-13-6-4-12(5-7-13)10-19-14(20)16(17,18)15(21)8-3-9-15/h4-7,21H,2-3,8-11H2,1H3,(H,19,20). The van der Waals surface area contributed by atoms with Gasteiger partial charge in [0.1, 0.15) is 5.60 Å². The van der Waals surface area contributed by atoms with Gasteiger partial charge < -0.3 is 15.2 Å². The Morgan fingerprint density at radius 3 is 2.41 bits per heavy atom. The van der Waals surface area contributed by atoms with Crippen LogP contribution in [0.4, 0.5) is 8.78 Å². The number of benzene rings is 1. The number of carbonyl (C=O) groups excluding carboxylic acids is 1. The van der Waals surface area contributed by atoms with Crippen LogP contribution in [0.1, 0.15) is 37.3 Å². The summed E-state index contributed by atoms with van der Waals surface area (Å²) in [6.45, 7) is 3.02. The van der Waals surface area contributed by atoms with Crippen LogP contribution in [0, 0.1) is 0 Å². The summed E-state index contributed by atoms with van der Waals surface area (Å²) in [7, 11) is 0. The van der Waals surface area contributed by atoms with E-state index < -0.39 is 17.4 Å². The first-order valence-electron chi connectivity index (χ1n) is 7.43. The van der Waals surface area contributed by atoms with Crippen LogP contribution in [0.3, 0.4) is 0 Å². The van der Waals surface area contributed by atoms with Crippen molar-refractivity contribution in [2.24, 2.45) is 0 Å². The lowest BCUT2D eigenvalue weighted by atomic mass is 9.75. The second kappa shape index (κ2) is 6.71. The van der Waals surface area contributed by atoms with Gasteiger partial charge in [0.15, 0.2) is 0 Å². The third-order valence-electron chi connectivity index (χ3n) is 4.00. The van der Waals surface area contributed by atoms with Crippen molar-refractivity contribution in [1.29, 1.82) is 0 Å². The molecule has 1 aliphatic rings. The zero-order valence-corrected chi connectivity index (χ0v) is 12.6. The molecule has 0 radical (unpaired) electrons. The SMILES string of the molecule is CCOCc1ccc(CNC(=O)C(F)(F)C2(O)CCC2)cc1. The second-order valence-corrected chi connectivity index (χ2v) is 5.60. The Morgan fingerprint density at radius 1 is 1.32 bits per heavy atom. The van der Waals surface area contributed by atoms with Crippen molar-refractivity contribution in [2.45, 2.75) is 50.9 Å². The molecule has 0 bridgehead atoms. The van der Waals surface area contributed by atoms with Crippen LogP contribution in [0.2, 0.25) is 0 Å². The van der Waals surface area contributed by atoms with E-state index in [0.29, 0.717) is 25.2 Å². The molecule has 4 nitrogen and oxygen atoms in total. The minimum Gasteiger partial charge on any atom is -0.383 e. The average Bonchev–Trinajstić information content (AvgIpc) is 2.48. The van der Waals surface area contributed by atoms with Gasteiger partial charge in [0.05, 0.1) is 6.61 Å². The first-order chi connectivity index (χ1) is 10.4. The first kappa shape index (κ1) is 16.8. The molecule has 1 saturated carbocycles. The number of amides is 1. The lowest BCUT2D eigenvalue weighted by Crippen LogP contribution is -2.60. The van der Waals surface area contributed by atoms with Gasteiger partial charge in [-0.2, -0.15) is 8.78 Å². The van der Waals surface area contributed by atoms with Crippen molar-refractivity contribution in [3.05, 3.63) is 35.4 Å². The van der Waals surface area contributed by atoms with Crippen molar-refractivity contribution >= 4 is 5.91 Å². The fourth-order valence-electron chi connectivity index (χ4n) is 2.30. The smallest absolute Gasteiger partial charge is 0.352 e. The van der Waals surface area contributed by atoms with Crippen molar-refractivity contribution in [2.75, 3.05) is 6.61 Å². The number of carbonyl (C=O) groups is 1. The lowest BCUT2D eigenvalue weighted by Gasteiger charge is -2.41. The summed E-state index contributed by atoms with van der Waals surface area (Å²) in [5.41, 5.74) is -0.491. The highest BCUT2D eigenvalue weighted by atomic mass is 19.3. The van der Waals surface area contributed by atoms with Gasteiger partial charge in [-0.3, -0.25) is 4.79 Å². The van der Waals surface area contributed by atoms with Crippen molar-refractivity contribution in [3.63, 3.8) is 0 Å². The number of nitrogens with one attached hydrogen (secondary N) is 1. The van der Waals surface area contributed by atoms with Gasteiger partial charge in [-0.1, -0.05) is 24.3 Å². The van der Waals surface area contributed by atoms with E-state index in [4.69, 9.17) is 4.74 Å². The molecule has 0 saturated heterocycles. The highest BCUT2D eigenvalue weighted by Crippen LogP contribution is 2.44.